The second kappa shape index (κ2) is 7.21. The van der Waals surface area contributed by atoms with Gasteiger partial charge < -0.3 is 14.8 Å². The van der Waals surface area contributed by atoms with E-state index >= 15 is 0 Å². The van der Waals surface area contributed by atoms with E-state index in [1.54, 1.807) is 18.2 Å². The van der Waals surface area contributed by atoms with Crippen LogP contribution in [-0.2, 0) is 26.7 Å². The SMILES string of the molecule is CC(C)(C(=O)NCCc1ccc(S(N)(=O)=O)cc1)c1ccc2c(c1)OCO2. The topological polar surface area (TPSA) is 108 Å². The van der Waals surface area contributed by atoms with E-state index in [2.05, 4.69) is 5.32 Å². The van der Waals surface area contributed by atoms with Crippen LogP contribution in [0.25, 0.3) is 0 Å². The van der Waals surface area contributed by atoms with Gasteiger partial charge in [-0.15, -0.1) is 0 Å². The lowest BCUT2D eigenvalue weighted by atomic mass is 9.83. The van der Waals surface area contributed by atoms with Crippen LogP contribution in [0.3, 0.4) is 0 Å². The number of fused-ring (bicyclic) bond motifs is 1. The molecule has 0 saturated carbocycles. The van der Waals surface area contributed by atoms with E-state index in [0.717, 1.165) is 11.1 Å². The van der Waals surface area contributed by atoms with Crippen LogP contribution in [0.4, 0.5) is 0 Å². The van der Waals surface area contributed by atoms with Crippen molar-refractivity contribution in [2.45, 2.75) is 30.6 Å². The van der Waals surface area contributed by atoms with Crippen molar-refractivity contribution in [1.82, 2.24) is 5.32 Å². The normalized spacial score (nSPS) is 13.4. The van der Waals surface area contributed by atoms with Crippen LogP contribution in [0.15, 0.2) is 47.4 Å². The van der Waals surface area contributed by atoms with Gasteiger partial charge in [-0.2, -0.15) is 0 Å². The summed E-state index contributed by atoms with van der Waals surface area (Å²) in [6, 6.07) is 11.8. The highest BCUT2D eigenvalue weighted by atomic mass is 32.2. The van der Waals surface area contributed by atoms with Crippen LogP contribution < -0.4 is 19.9 Å². The smallest absolute Gasteiger partial charge is 0.238 e. The van der Waals surface area contributed by atoms with Crippen LogP contribution in [-0.4, -0.2) is 27.7 Å². The van der Waals surface area contributed by atoms with Gasteiger partial charge in [-0.1, -0.05) is 18.2 Å². The molecular weight excluding hydrogens is 368 g/mol. The minimum Gasteiger partial charge on any atom is -0.454 e. The first kappa shape index (κ1) is 19.2. The van der Waals surface area contributed by atoms with E-state index < -0.39 is 15.4 Å². The fourth-order valence-corrected chi connectivity index (χ4v) is 3.32. The molecule has 0 unspecified atom stereocenters. The van der Waals surface area contributed by atoms with E-state index in [1.807, 2.05) is 26.0 Å². The number of hydrogen-bond acceptors (Lipinski definition) is 5. The molecule has 144 valence electrons. The summed E-state index contributed by atoms with van der Waals surface area (Å²) >= 11 is 0. The maximum absolute atomic E-state index is 12.7. The van der Waals surface area contributed by atoms with Crippen molar-refractivity contribution in [3.63, 3.8) is 0 Å². The molecule has 0 atom stereocenters. The van der Waals surface area contributed by atoms with Crippen molar-refractivity contribution in [2.75, 3.05) is 13.3 Å². The molecule has 1 aliphatic rings. The third kappa shape index (κ3) is 4.23. The summed E-state index contributed by atoms with van der Waals surface area (Å²) in [6.07, 6.45) is 0.577. The summed E-state index contributed by atoms with van der Waals surface area (Å²) in [5, 5.41) is 8.01. The third-order valence-corrected chi connectivity index (χ3v) is 5.54. The zero-order valence-corrected chi connectivity index (χ0v) is 16.0. The Morgan fingerprint density at radius 3 is 2.44 bits per heavy atom. The largest absolute Gasteiger partial charge is 0.454 e. The fraction of sp³-hybridized carbons (Fsp3) is 0.316. The summed E-state index contributed by atoms with van der Waals surface area (Å²) in [5.41, 5.74) is 1.00. The average molecular weight is 390 g/mol. The molecular formula is C19H22N2O5S. The number of ether oxygens (including phenoxy) is 2. The van der Waals surface area contributed by atoms with Crippen molar-refractivity contribution >= 4 is 15.9 Å². The Morgan fingerprint density at radius 2 is 1.78 bits per heavy atom. The lowest BCUT2D eigenvalue weighted by molar-refractivity contribution is -0.125. The van der Waals surface area contributed by atoms with Gasteiger partial charge >= 0.3 is 0 Å². The quantitative estimate of drug-likeness (QED) is 0.781. The molecule has 8 heteroatoms. The maximum atomic E-state index is 12.7. The van der Waals surface area contributed by atoms with Crippen LogP contribution in [0.2, 0.25) is 0 Å². The minimum absolute atomic E-state index is 0.0687. The predicted octanol–water partition coefficient (Wildman–Crippen LogP) is 1.70. The van der Waals surface area contributed by atoms with Crippen molar-refractivity contribution in [1.29, 1.82) is 0 Å². The number of hydrogen-bond donors (Lipinski definition) is 2. The number of nitrogens with one attached hydrogen (secondary N) is 1. The van der Waals surface area contributed by atoms with Crippen molar-refractivity contribution in [3.05, 3.63) is 53.6 Å². The van der Waals surface area contributed by atoms with E-state index in [4.69, 9.17) is 14.6 Å². The molecule has 7 nitrogen and oxygen atoms in total. The number of carbonyl (C=O) groups excluding carboxylic acids is 1. The minimum atomic E-state index is -3.70. The van der Waals surface area contributed by atoms with E-state index in [9.17, 15) is 13.2 Å². The summed E-state index contributed by atoms with van der Waals surface area (Å²) in [5.74, 6) is 1.21. The predicted molar refractivity (Wildman–Crippen MR) is 100 cm³/mol. The Balaban J connectivity index is 1.60. The summed E-state index contributed by atoms with van der Waals surface area (Å²) in [7, 11) is -3.70. The van der Waals surface area contributed by atoms with Gasteiger partial charge in [0.05, 0.1) is 10.3 Å². The number of benzene rings is 2. The zero-order chi connectivity index (χ0) is 19.7. The zero-order valence-electron chi connectivity index (χ0n) is 15.2. The molecule has 1 heterocycles. The number of nitrogens with two attached hydrogens (primary N) is 1. The Hall–Kier alpha value is -2.58. The van der Waals surface area contributed by atoms with Crippen LogP contribution >= 0.6 is 0 Å². The number of carbonyl (C=O) groups is 1. The van der Waals surface area contributed by atoms with E-state index in [-0.39, 0.29) is 17.6 Å². The summed E-state index contributed by atoms with van der Waals surface area (Å²) < 4.78 is 33.2. The molecule has 0 aliphatic carbocycles. The molecule has 0 aromatic heterocycles. The van der Waals surface area contributed by atoms with E-state index in [1.165, 1.54) is 12.1 Å². The number of primary sulfonamides is 1. The Morgan fingerprint density at radius 1 is 1.11 bits per heavy atom. The van der Waals surface area contributed by atoms with Crippen molar-refractivity contribution < 1.29 is 22.7 Å². The monoisotopic (exact) mass is 390 g/mol. The molecule has 0 spiro atoms. The maximum Gasteiger partial charge on any atom is 0.238 e. The van der Waals surface area contributed by atoms with Crippen LogP contribution in [0.1, 0.15) is 25.0 Å². The molecule has 3 rings (SSSR count). The van der Waals surface area contributed by atoms with Crippen LogP contribution in [0, 0.1) is 0 Å². The fourth-order valence-electron chi connectivity index (χ4n) is 2.80. The number of sulfonamides is 1. The van der Waals surface area contributed by atoms with Gasteiger partial charge in [-0.25, -0.2) is 13.6 Å². The first-order chi connectivity index (χ1) is 12.7. The Labute approximate surface area is 158 Å². The Bertz CT molecular complexity index is 953. The van der Waals surface area contributed by atoms with Crippen molar-refractivity contribution in [3.8, 4) is 11.5 Å². The van der Waals surface area contributed by atoms with Gasteiger partial charge in [0.2, 0.25) is 22.7 Å². The molecule has 0 radical (unpaired) electrons. The van der Waals surface area contributed by atoms with Gasteiger partial charge in [0.15, 0.2) is 11.5 Å². The molecule has 3 N–H and O–H groups in total. The molecule has 1 amide bonds. The standard InChI is InChI=1S/C19H22N2O5S/c1-19(2,14-5-8-16-17(11-14)26-12-25-16)18(22)21-10-9-13-3-6-15(7-4-13)27(20,23)24/h3-8,11H,9-10,12H2,1-2H3,(H,21,22)(H2,20,23,24). The van der Waals surface area contributed by atoms with Gasteiger partial charge in [-0.3, -0.25) is 4.79 Å². The molecule has 0 bridgehead atoms. The van der Waals surface area contributed by atoms with Gasteiger partial charge in [0.25, 0.3) is 0 Å². The molecule has 0 fully saturated rings. The van der Waals surface area contributed by atoms with Gasteiger partial charge in [0.1, 0.15) is 0 Å². The van der Waals surface area contributed by atoms with Gasteiger partial charge in [-0.05, 0) is 55.7 Å². The lowest BCUT2D eigenvalue weighted by Crippen LogP contribution is -2.40. The van der Waals surface area contributed by atoms with E-state index in [0.29, 0.717) is 24.5 Å². The highest BCUT2D eigenvalue weighted by molar-refractivity contribution is 7.89. The van der Waals surface area contributed by atoms with Crippen LogP contribution in [0.5, 0.6) is 11.5 Å². The average Bonchev–Trinajstić information content (AvgIpc) is 3.09. The van der Waals surface area contributed by atoms with Gasteiger partial charge in [0, 0.05) is 6.54 Å². The number of amides is 1. The molecule has 1 aliphatic heterocycles. The Kier molecular flexibility index (Phi) is 5.12. The highest BCUT2D eigenvalue weighted by Gasteiger charge is 2.31. The molecule has 2 aromatic rings. The molecule has 0 saturated heterocycles. The number of rotatable bonds is 6. The first-order valence-corrected chi connectivity index (χ1v) is 10.0. The second-order valence-corrected chi connectivity index (χ2v) is 8.45. The molecule has 27 heavy (non-hydrogen) atoms. The van der Waals surface area contributed by atoms with Crippen molar-refractivity contribution in [2.24, 2.45) is 5.14 Å². The summed E-state index contributed by atoms with van der Waals surface area (Å²) in [4.78, 5) is 12.7. The lowest BCUT2D eigenvalue weighted by Gasteiger charge is -2.24. The third-order valence-electron chi connectivity index (χ3n) is 4.61. The summed E-state index contributed by atoms with van der Waals surface area (Å²) in [6.45, 7) is 4.32. The molecule has 2 aromatic carbocycles. The first-order valence-electron chi connectivity index (χ1n) is 8.48. The second-order valence-electron chi connectivity index (χ2n) is 6.89. The highest BCUT2D eigenvalue weighted by Crippen LogP contribution is 2.36.